The number of hydrogen-bond acceptors (Lipinski definition) is 7. The molecule has 3 heterocycles. The summed E-state index contributed by atoms with van der Waals surface area (Å²) in [5, 5.41) is 6.89. The van der Waals surface area contributed by atoms with Gasteiger partial charge in [-0.05, 0) is 12.5 Å². The predicted octanol–water partition coefficient (Wildman–Crippen LogP) is 0.237. The highest BCUT2D eigenvalue weighted by Crippen LogP contribution is 2.15. The number of carbonyl (C=O) groups is 2. The van der Waals surface area contributed by atoms with Crippen molar-refractivity contribution in [2.75, 3.05) is 38.2 Å². The van der Waals surface area contributed by atoms with Gasteiger partial charge in [0.15, 0.2) is 0 Å². The lowest BCUT2D eigenvalue weighted by Crippen LogP contribution is -2.36. The number of pyridine rings is 1. The highest BCUT2D eigenvalue weighted by atomic mass is 16.5. The fourth-order valence-electron chi connectivity index (χ4n) is 2.82. The average Bonchev–Trinajstić information content (AvgIpc) is 2.96. The molecule has 1 aliphatic rings. The van der Waals surface area contributed by atoms with Gasteiger partial charge in [-0.1, -0.05) is 0 Å². The lowest BCUT2D eigenvalue weighted by Gasteiger charge is -2.22. The monoisotopic (exact) mass is 389 g/mol. The Bertz CT molecular complexity index is 869. The van der Waals surface area contributed by atoms with E-state index in [2.05, 4.69) is 14.9 Å². The molecule has 0 atom stereocenters. The number of ether oxygens (including phenoxy) is 1. The smallest absolute Gasteiger partial charge is 0.290 e. The van der Waals surface area contributed by atoms with E-state index in [1.807, 2.05) is 0 Å². The molecule has 0 radical (unpaired) electrons. The van der Waals surface area contributed by atoms with Crippen LogP contribution in [-0.4, -0.2) is 70.2 Å². The third-order valence-electron chi connectivity index (χ3n) is 4.23. The molecule has 0 aromatic carbocycles. The quantitative estimate of drug-likeness (QED) is 0.742. The van der Waals surface area contributed by atoms with Crippen LogP contribution in [0.3, 0.4) is 0 Å². The summed E-state index contributed by atoms with van der Waals surface area (Å²) in [6, 6.07) is 4.71. The molecule has 0 bridgehead atoms. The number of aryl methyl sites for hydroxylation is 1. The first kappa shape index (κ1) is 20.9. The van der Waals surface area contributed by atoms with E-state index in [-0.39, 0.29) is 17.9 Å². The number of nitrogens with zero attached hydrogens (tertiary/aromatic N) is 5. The number of carbonyl (C=O) groups excluding carboxylic acids is 1. The summed E-state index contributed by atoms with van der Waals surface area (Å²) in [6.45, 7) is 2.39. The highest BCUT2D eigenvalue weighted by molar-refractivity contribution is 5.94. The number of anilines is 1. The maximum atomic E-state index is 12.7. The van der Waals surface area contributed by atoms with Gasteiger partial charge in [0, 0.05) is 57.8 Å². The van der Waals surface area contributed by atoms with Gasteiger partial charge in [0.25, 0.3) is 12.4 Å². The summed E-state index contributed by atoms with van der Waals surface area (Å²) in [5.41, 5.74) is 0.391. The lowest BCUT2D eigenvalue weighted by molar-refractivity contribution is -0.122. The first-order chi connectivity index (χ1) is 13.5. The third kappa shape index (κ3) is 5.29. The Morgan fingerprint density at radius 3 is 2.64 bits per heavy atom. The summed E-state index contributed by atoms with van der Waals surface area (Å²) < 4.78 is 6.56. The minimum atomic E-state index is -0.250. The first-order valence-electron chi connectivity index (χ1n) is 8.66. The van der Waals surface area contributed by atoms with Crippen LogP contribution in [0.5, 0.6) is 5.88 Å². The van der Waals surface area contributed by atoms with E-state index in [0.29, 0.717) is 37.0 Å². The van der Waals surface area contributed by atoms with Crippen LogP contribution in [0.25, 0.3) is 0 Å². The molecule has 1 aliphatic heterocycles. The summed E-state index contributed by atoms with van der Waals surface area (Å²) >= 11 is 0. The largest absolute Gasteiger partial charge is 0.483 e. The van der Waals surface area contributed by atoms with Gasteiger partial charge < -0.3 is 24.2 Å². The van der Waals surface area contributed by atoms with E-state index >= 15 is 0 Å². The second-order valence-corrected chi connectivity index (χ2v) is 6.00. The van der Waals surface area contributed by atoms with Crippen LogP contribution in [0.4, 0.5) is 5.95 Å². The van der Waals surface area contributed by atoms with Crippen LogP contribution >= 0.6 is 0 Å². The van der Waals surface area contributed by atoms with Gasteiger partial charge in [-0.2, -0.15) is 4.98 Å². The Balaban J connectivity index is 0.000000878. The lowest BCUT2D eigenvalue weighted by atomic mass is 10.2. The van der Waals surface area contributed by atoms with Crippen LogP contribution < -0.4 is 15.2 Å². The molecule has 10 heteroatoms. The van der Waals surface area contributed by atoms with E-state index in [9.17, 15) is 9.59 Å². The van der Waals surface area contributed by atoms with Gasteiger partial charge in [0.05, 0.1) is 12.7 Å². The van der Waals surface area contributed by atoms with Gasteiger partial charge in [-0.25, -0.2) is 4.98 Å². The molecule has 28 heavy (non-hydrogen) atoms. The number of carboxylic acid groups (broad SMARTS) is 1. The van der Waals surface area contributed by atoms with Crippen molar-refractivity contribution in [3.63, 3.8) is 0 Å². The minimum absolute atomic E-state index is 0.0657. The summed E-state index contributed by atoms with van der Waals surface area (Å²) in [7, 11) is 3.21. The van der Waals surface area contributed by atoms with Crippen molar-refractivity contribution in [3.05, 3.63) is 46.5 Å². The standard InChI is InChI=1S/C17H21N5O3.CH2O2/c1-20-12-13(4-5-15(20)23)16(24)21-8-3-9-22(11-10-21)17-18-7-6-14(19-17)25-2;2-1-3/h4-7,12H,3,8-11H2,1-2H3;1H,(H,2,3). The Kier molecular flexibility index (Phi) is 7.49. The first-order valence-corrected chi connectivity index (χ1v) is 8.66. The van der Waals surface area contributed by atoms with E-state index in [1.165, 1.54) is 10.6 Å². The Morgan fingerprint density at radius 1 is 1.21 bits per heavy atom. The molecule has 1 N–H and O–H groups in total. The van der Waals surface area contributed by atoms with Gasteiger partial charge >= 0.3 is 0 Å². The van der Waals surface area contributed by atoms with E-state index in [1.54, 1.807) is 43.6 Å². The van der Waals surface area contributed by atoms with Crippen LogP contribution in [-0.2, 0) is 11.8 Å². The van der Waals surface area contributed by atoms with Gasteiger partial charge in [-0.3, -0.25) is 14.4 Å². The molecule has 0 saturated carbocycles. The number of hydrogen-bond donors (Lipinski definition) is 1. The summed E-state index contributed by atoms with van der Waals surface area (Å²) in [4.78, 5) is 45.1. The molecule has 1 saturated heterocycles. The molecule has 2 aromatic rings. The molecular weight excluding hydrogens is 366 g/mol. The van der Waals surface area contributed by atoms with Gasteiger partial charge in [-0.15, -0.1) is 0 Å². The maximum Gasteiger partial charge on any atom is 0.290 e. The molecule has 0 unspecified atom stereocenters. The van der Waals surface area contributed by atoms with Crippen LogP contribution in [0.1, 0.15) is 16.8 Å². The SMILES string of the molecule is COc1ccnc(N2CCCN(C(=O)c3ccc(=O)n(C)c3)CC2)n1.O=CO. The topological polar surface area (TPSA) is 118 Å². The Labute approximate surface area is 162 Å². The van der Waals surface area contributed by atoms with Crippen molar-refractivity contribution in [2.24, 2.45) is 7.05 Å². The van der Waals surface area contributed by atoms with Crippen LogP contribution in [0, 0.1) is 0 Å². The normalized spacial score (nSPS) is 13.8. The molecule has 3 rings (SSSR count). The Hall–Kier alpha value is -3.43. The number of methoxy groups -OCH3 is 1. The molecule has 1 fully saturated rings. The fourth-order valence-corrected chi connectivity index (χ4v) is 2.82. The zero-order chi connectivity index (χ0) is 20.5. The predicted molar refractivity (Wildman–Crippen MR) is 102 cm³/mol. The fraction of sp³-hybridized carbons (Fsp3) is 0.389. The van der Waals surface area contributed by atoms with Crippen molar-refractivity contribution in [3.8, 4) is 5.88 Å². The van der Waals surface area contributed by atoms with E-state index in [0.717, 1.165) is 13.0 Å². The molecular formula is C18H23N5O5. The zero-order valence-electron chi connectivity index (χ0n) is 15.8. The number of rotatable bonds is 3. The molecule has 2 aromatic heterocycles. The zero-order valence-corrected chi connectivity index (χ0v) is 15.8. The van der Waals surface area contributed by atoms with E-state index < -0.39 is 0 Å². The van der Waals surface area contributed by atoms with Crippen LogP contribution in [0.15, 0.2) is 35.4 Å². The van der Waals surface area contributed by atoms with Gasteiger partial charge in [0.1, 0.15) is 0 Å². The number of amides is 1. The third-order valence-corrected chi connectivity index (χ3v) is 4.23. The minimum Gasteiger partial charge on any atom is -0.483 e. The van der Waals surface area contributed by atoms with Crippen molar-refractivity contribution in [1.29, 1.82) is 0 Å². The molecule has 0 aliphatic carbocycles. The Morgan fingerprint density at radius 2 is 1.96 bits per heavy atom. The maximum absolute atomic E-state index is 12.7. The van der Waals surface area contributed by atoms with E-state index in [4.69, 9.17) is 14.6 Å². The molecule has 10 nitrogen and oxygen atoms in total. The van der Waals surface area contributed by atoms with Crippen molar-refractivity contribution >= 4 is 18.3 Å². The second-order valence-electron chi connectivity index (χ2n) is 6.00. The number of aromatic nitrogens is 3. The van der Waals surface area contributed by atoms with Crippen molar-refractivity contribution < 1.29 is 19.4 Å². The van der Waals surface area contributed by atoms with Crippen molar-refractivity contribution in [1.82, 2.24) is 19.4 Å². The summed E-state index contributed by atoms with van der Waals surface area (Å²) in [6.07, 6.45) is 4.07. The molecule has 150 valence electrons. The van der Waals surface area contributed by atoms with Crippen LogP contribution in [0.2, 0.25) is 0 Å². The van der Waals surface area contributed by atoms with Gasteiger partial charge in [0.2, 0.25) is 17.4 Å². The summed E-state index contributed by atoms with van der Waals surface area (Å²) in [5.74, 6) is 1.06. The molecule has 0 spiro atoms. The highest BCUT2D eigenvalue weighted by Gasteiger charge is 2.22. The molecule has 1 amide bonds. The second kappa shape index (κ2) is 10.0. The van der Waals surface area contributed by atoms with Crippen molar-refractivity contribution in [2.45, 2.75) is 6.42 Å². The average molecular weight is 389 g/mol.